The zero-order valence-corrected chi connectivity index (χ0v) is 24.3. The smallest absolute Gasteiger partial charge is 0.459 e. The Morgan fingerprint density at radius 2 is 1.98 bits per heavy atom. The molecule has 14 heteroatoms. The average molecular weight is 592 g/mol. The van der Waals surface area contributed by atoms with Crippen LogP contribution in [0.4, 0.5) is 5.82 Å². The van der Waals surface area contributed by atoms with Gasteiger partial charge in [0.15, 0.2) is 5.82 Å². The summed E-state index contributed by atoms with van der Waals surface area (Å²) in [5.74, 6) is -0.136. The lowest BCUT2D eigenvalue weighted by Gasteiger charge is -2.30. The lowest BCUT2D eigenvalue weighted by molar-refractivity contribution is -0.145. The van der Waals surface area contributed by atoms with E-state index < -0.39 is 50.3 Å². The Morgan fingerprint density at radius 1 is 1.22 bits per heavy atom. The van der Waals surface area contributed by atoms with Crippen LogP contribution in [0.2, 0.25) is 0 Å². The molecule has 6 atom stereocenters. The van der Waals surface area contributed by atoms with Crippen molar-refractivity contribution >= 4 is 25.1 Å². The Bertz CT molecular complexity index is 1360. The first-order valence-corrected chi connectivity index (χ1v) is 15.2. The molecule has 1 unspecified atom stereocenters. The molecule has 1 aromatic carbocycles. The van der Waals surface area contributed by atoms with Crippen LogP contribution in [-0.4, -0.2) is 67.8 Å². The molecule has 0 amide bonds. The maximum absolute atomic E-state index is 13.9. The van der Waals surface area contributed by atoms with E-state index in [-0.39, 0.29) is 18.2 Å². The minimum Gasteiger partial charge on any atom is -0.465 e. The minimum atomic E-state index is -4.23. The van der Waals surface area contributed by atoms with Crippen molar-refractivity contribution < 1.29 is 38.1 Å². The van der Waals surface area contributed by atoms with Crippen molar-refractivity contribution in [2.75, 3.05) is 18.9 Å². The standard InChI is InChI=1S/C27H38N5O8P/c1-4-5-6-10-15-37-26(35)18(2)31-41(36,40-19-11-8-7-9-12-19)38-16-27(3)24(34)22(33)23(39-27)20-13-14-21-25(28)29-17-30-32(20)21/h7-9,11-14,17-18,22-24,33-34H,4-6,10,15-16H2,1-3H3,(H,31,36)(H2,28,29,30)/t18-,22-,23-,24-,27+,41?/m0/s1. The Hall–Kier alpha value is -3.06. The number of unbranched alkanes of at least 4 members (excludes halogenated alkanes) is 3. The van der Waals surface area contributed by atoms with Gasteiger partial charge in [-0.15, -0.1) is 0 Å². The summed E-state index contributed by atoms with van der Waals surface area (Å²) in [5, 5.41) is 28.7. The molecule has 0 aliphatic carbocycles. The van der Waals surface area contributed by atoms with E-state index in [9.17, 15) is 19.6 Å². The number of anilines is 1. The van der Waals surface area contributed by atoms with Gasteiger partial charge in [-0.2, -0.15) is 10.2 Å². The highest BCUT2D eigenvalue weighted by atomic mass is 31.2. The highest BCUT2D eigenvalue weighted by Gasteiger charge is 2.54. The van der Waals surface area contributed by atoms with Crippen LogP contribution < -0.4 is 15.3 Å². The normalized spacial score (nSPS) is 24.7. The number of nitrogen functional groups attached to an aromatic ring is 1. The third-order valence-electron chi connectivity index (χ3n) is 6.90. The number of fused-ring (bicyclic) bond motifs is 1. The average Bonchev–Trinajstić information content (AvgIpc) is 3.48. The second-order valence-electron chi connectivity index (χ2n) is 10.2. The number of benzene rings is 1. The molecule has 4 rings (SSSR count). The van der Waals surface area contributed by atoms with Crippen molar-refractivity contribution in [3.05, 3.63) is 54.5 Å². The molecule has 41 heavy (non-hydrogen) atoms. The van der Waals surface area contributed by atoms with Crippen LogP contribution in [0.3, 0.4) is 0 Å². The number of esters is 1. The predicted octanol–water partition coefficient (Wildman–Crippen LogP) is 3.17. The molecule has 13 nitrogen and oxygen atoms in total. The number of ether oxygens (including phenoxy) is 2. The topological polar surface area (TPSA) is 180 Å². The van der Waals surface area contributed by atoms with Gasteiger partial charge in [-0.1, -0.05) is 44.4 Å². The molecule has 5 N–H and O–H groups in total. The van der Waals surface area contributed by atoms with Crippen molar-refractivity contribution in [2.24, 2.45) is 0 Å². The quantitative estimate of drug-likeness (QED) is 0.122. The van der Waals surface area contributed by atoms with Crippen LogP contribution in [0, 0.1) is 0 Å². The molecular formula is C27H38N5O8P. The number of hydrogen-bond acceptors (Lipinski definition) is 11. The Kier molecular flexibility index (Phi) is 10.0. The van der Waals surface area contributed by atoms with Gasteiger partial charge in [0.25, 0.3) is 0 Å². The van der Waals surface area contributed by atoms with E-state index in [1.165, 1.54) is 24.7 Å². The van der Waals surface area contributed by atoms with Gasteiger partial charge in [0.1, 0.15) is 47.5 Å². The number of hydrogen-bond donors (Lipinski definition) is 4. The molecule has 1 fully saturated rings. The zero-order valence-electron chi connectivity index (χ0n) is 23.4. The van der Waals surface area contributed by atoms with Crippen molar-refractivity contribution in [2.45, 2.75) is 76.4 Å². The van der Waals surface area contributed by atoms with Crippen molar-refractivity contribution in [3.8, 4) is 5.75 Å². The summed E-state index contributed by atoms with van der Waals surface area (Å²) in [6, 6.07) is 10.6. The van der Waals surface area contributed by atoms with Crippen LogP contribution in [-0.2, 0) is 23.4 Å². The van der Waals surface area contributed by atoms with E-state index >= 15 is 0 Å². The number of rotatable bonds is 14. The van der Waals surface area contributed by atoms with E-state index in [2.05, 4.69) is 22.1 Å². The monoisotopic (exact) mass is 591 g/mol. The molecule has 3 heterocycles. The molecule has 3 aromatic rings. The Balaban J connectivity index is 1.48. The van der Waals surface area contributed by atoms with Gasteiger partial charge in [-0.05, 0) is 44.5 Å². The summed E-state index contributed by atoms with van der Waals surface area (Å²) >= 11 is 0. The van der Waals surface area contributed by atoms with Gasteiger partial charge in [0.05, 0.1) is 18.9 Å². The molecule has 0 bridgehead atoms. The van der Waals surface area contributed by atoms with Gasteiger partial charge >= 0.3 is 13.7 Å². The van der Waals surface area contributed by atoms with E-state index in [0.717, 1.165) is 25.7 Å². The maximum atomic E-state index is 13.9. The van der Waals surface area contributed by atoms with E-state index in [1.54, 1.807) is 42.5 Å². The number of carbonyl (C=O) groups excluding carboxylic acids is 1. The van der Waals surface area contributed by atoms with Crippen molar-refractivity contribution in [1.29, 1.82) is 0 Å². The number of nitrogens with one attached hydrogen (secondary N) is 1. The largest absolute Gasteiger partial charge is 0.465 e. The fourth-order valence-corrected chi connectivity index (χ4v) is 6.12. The number of aliphatic hydroxyl groups is 2. The molecule has 224 valence electrons. The highest BCUT2D eigenvalue weighted by molar-refractivity contribution is 7.52. The number of para-hydroxylation sites is 1. The molecule has 0 saturated carbocycles. The molecule has 1 aliphatic heterocycles. The third-order valence-corrected chi connectivity index (χ3v) is 8.52. The molecule has 0 radical (unpaired) electrons. The summed E-state index contributed by atoms with van der Waals surface area (Å²) in [6.45, 7) is 4.89. The number of nitrogens with zero attached hydrogens (tertiary/aromatic N) is 3. The van der Waals surface area contributed by atoms with E-state index in [1.807, 2.05) is 0 Å². The molecule has 1 saturated heterocycles. The Morgan fingerprint density at radius 3 is 2.71 bits per heavy atom. The maximum Gasteiger partial charge on any atom is 0.459 e. The number of aromatic nitrogens is 3. The molecule has 0 spiro atoms. The molecule has 2 aromatic heterocycles. The fraction of sp³-hybridized carbons (Fsp3) is 0.519. The summed E-state index contributed by atoms with van der Waals surface area (Å²) < 4.78 is 38.3. The summed E-state index contributed by atoms with van der Waals surface area (Å²) in [6.07, 6.45) is 1.22. The van der Waals surface area contributed by atoms with Crippen molar-refractivity contribution in [3.63, 3.8) is 0 Å². The third kappa shape index (κ3) is 7.24. The fourth-order valence-electron chi connectivity index (χ4n) is 4.54. The zero-order chi connectivity index (χ0) is 29.6. The highest BCUT2D eigenvalue weighted by Crippen LogP contribution is 2.48. The van der Waals surface area contributed by atoms with Crippen LogP contribution in [0.15, 0.2) is 48.8 Å². The number of aliphatic hydroxyl groups excluding tert-OH is 2. The lowest BCUT2D eigenvalue weighted by Crippen LogP contribution is -2.45. The van der Waals surface area contributed by atoms with Crippen LogP contribution >= 0.6 is 7.75 Å². The number of carbonyl (C=O) groups is 1. The van der Waals surface area contributed by atoms with Crippen molar-refractivity contribution in [1.82, 2.24) is 19.7 Å². The lowest BCUT2D eigenvalue weighted by atomic mass is 9.97. The van der Waals surface area contributed by atoms with Gasteiger partial charge in [0, 0.05) is 0 Å². The summed E-state index contributed by atoms with van der Waals surface area (Å²) in [7, 11) is -4.23. The second kappa shape index (κ2) is 13.3. The first-order chi connectivity index (χ1) is 19.6. The van der Waals surface area contributed by atoms with Gasteiger partial charge < -0.3 is 29.9 Å². The second-order valence-corrected chi connectivity index (χ2v) is 11.9. The SMILES string of the molecule is CCCCCCOC(=O)[C@H](C)NP(=O)(OC[C@@]1(C)O[C@@H](c2ccc3c(N)ncnn23)[C@H](O)[C@@H]1O)Oc1ccccc1. The predicted molar refractivity (Wildman–Crippen MR) is 150 cm³/mol. The first-order valence-electron chi connectivity index (χ1n) is 13.6. The van der Waals surface area contributed by atoms with Crippen LogP contribution in [0.1, 0.15) is 58.3 Å². The van der Waals surface area contributed by atoms with E-state index in [4.69, 9.17) is 24.3 Å². The van der Waals surface area contributed by atoms with Crippen LogP contribution in [0.5, 0.6) is 5.75 Å². The summed E-state index contributed by atoms with van der Waals surface area (Å²) in [4.78, 5) is 16.5. The number of nitrogens with two attached hydrogens (primary N) is 1. The van der Waals surface area contributed by atoms with E-state index in [0.29, 0.717) is 11.2 Å². The first kappa shape index (κ1) is 30.9. The van der Waals surface area contributed by atoms with Gasteiger partial charge in [-0.3, -0.25) is 9.32 Å². The van der Waals surface area contributed by atoms with Gasteiger partial charge in [0.2, 0.25) is 0 Å². The van der Waals surface area contributed by atoms with Crippen LogP contribution in [0.25, 0.3) is 5.52 Å². The molecular weight excluding hydrogens is 553 g/mol. The van der Waals surface area contributed by atoms with Gasteiger partial charge in [-0.25, -0.2) is 14.1 Å². The Labute approximate surface area is 238 Å². The molecule has 1 aliphatic rings. The summed E-state index contributed by atoms with van der Waals surface area (Å²) in [5.41, 5.74) is 5.34. The minimum absolute atomic E-state index is 0.233.